The van der Waals surface area contributed by atoms with E-state index in [9.17, 15) is 4.79 Å². The highest BCUT2D eigenvalue weighted by molar-refractivity contribution is 6.02. The quantitative estimate of drug-likeness (QED) is 0.381. The molecule has 0 radical (unpaired) electrons. The van der Waals surface area contributed by atoms with Gasteiger partial charge in [-0.1, -0.05) is 60.7 Å². The van der Waals surface area contributed by atoms with Crippen molar-refractivity contribution in [3.8, 4) is 5.75 Å². The number of carbonyl (C=O) groups is 1. The van der Waals surface area contributed by atoms with Gasteiger partial charge in [0.1, 0.15) is 38.5 Å². The molecule has 0 bridgehead atoms. The summed E-state index contributed by atoms with van der Waals surface area (Å²) in [5, 5.41) is 6.37. The summed E-state index contributed by atoms with van der Waals surface area (Å²) < 4.78 is 5.47. The number of methoxy groups -OCH3 is 1. The molecule has 0 spiro atoms. The van der Waals surface area contributed by atoms with Gasteiger partial charge in [0.05, 0.1) is 13.3 Å². The van der Waals surface area contributed by atoms with Crippen LogP contribution in [0.1, 0.15) is 11.1 Å². The summed E-state index contributed by atoms with van der Waals surface area (Å²) in [5.74, 6) is 0.678. The third-order valence-electron chi connectivity index (χ3n) is 5.91. The van der Waals surface area contributed by atoms with Crippen LogP contribution < -0.4 is 20.0 Å². The Morgan fingerprint density at radius 1 is 0.968 bits per heavy atom. The number of rotatable bonds is 7. The second kappa shape index (κ2) is 10.2. The molecule has 4 rings (SSSR count). The van der Waals surface area contributed by atoms with Crippen molar-refractivity contribution in [2.45, 2.75) is 6.54 Å². The largest absolute Gasteiger partial charge is 0.496 e. The number of piperazine rings is 1. The summed E-state index contributed by atoms with van der Waals surface area (Å²) in [5.41, 5.74) is 4.93. The van der Waals surface area contributed by atoms with Crippen molar-refractivity contribution in [1.29, 1.82) is 0 Å². The Hall–Kier alpha value is -3.22. The van der Waals surface area contributed by atoms with Gasteiger partial charge in [0.15, 0.2) is 6.54 Å². The maximum Gasteiger partial charge on any atom is 0.295 e. The van der Waals surface area contributed by atoms with E-state index in [4.69, 9.17) is 4.74 Å². The number of carbonyl (C=O) groups excluding carboxylic acids is 1. The molecule has 6 heteroatoms. The minimum Gasteiger partial charge on any atom is -0.496 e. The van der Waals surface area contributed by atoms with Crippen molar-refractivity contribution in [2.24, 2.45) is 5.10 Å². The molecule has 1 aliphatic rings. The van der Waals surface area contributed by atoms with E-state index in [1.54, 1.807) is 18.2 Å². The molecule has 0 unspecified atom stereocenters. The van der Waals surface area contributed by atoms with Gasteiger partial charge in [-0.2, -0.15) is 5.10 Å². The van der Waals surface area contributed by atoms with Gasteiger partial charge in [-0.05, 0) is 16.8 Å². The molecule has 1 amide bonds. The topological polar surface area (TPSA) is 59.6 Å². The van der Waals surface area contributed by atoms with E-state index >= 15 is 0 Å². The molecule has 1 saturated heterocycles. The van der Waals surface area contributed by atoms with Crippen LogP contribution in [0, 0.1) is 0 Å². The summed E-state index contributed by atoms with van der Waals surface area (Å²) in [6, 6.07) is 22.6. The highest BCUT2D eigenvalue weighted by Crippen LogP contribution is 2.26. The van der Waals surface area contributed by atoms with Gasteiger partial charge >= 0.3 is 0 Å². The average molecular weight is 419 g/mol. The van der Waals surface area contributed by atoms with E-state index in [-0.39, 0.29) is 5.91 Å². The van der Waals surface area contributed by atoms with Crippen LogP contribution in [0.2, 0.25) is 0 Å². The minimum atomic E-state index is -0.0584. The lowest BCUT2D eigenvalue weighted by atomic mass is 10.0. The zero-order valence-electron chi connectivity index (χ0n) is 17.9. The number of nitrogens with zero attached hydrogens (tertiary/aromatic N) is 1. The van der Waals surface area contributed by atoms with E-state index in [0.29, 0.717) is 6.54 Å². The van der Waals surface area contributed by atoms with Gasteiger partial charge in [-0.15, -0.1) is 0 Å². The molecule has 3 N–H and O–H groups in total. The van der Waals surface area contributed by atoms with Crippen molar-refractivity contribution < 1.29 is 19.3 Å². The van der Waals surface area contributed by atoms with Crippen LogP contribution in [0.4, 0.5) is 0 Å². The highest BCUT2D eigenvalue weighted by atomic mass is 16.5. The molecule has 0 saturated carbocycles. The summed E-state index contributed by atoms with van der Waals surface area (Å²) in [4.78, 5) is 15.3. The second-order valence-corrected chi connectivity index (χ2v) is 8.03. The van der Waals surface area contributed by atoms with Crippen molar-refractivity contribution in [1.82, 2.24) is 5.43 Å². The number of hydrazone groups is 1. The number of fused-ring (bicyclic) bond motifs is 1. The maximum absolute atomic E-state index is 12.4. The maximum atomic E-state index is 12.4. The van der Waals surface area contributed by atoms with E-state index in [1.807, 2.05) is 36.4 Å². The van der Waals surface area contributed by atoms with Crippen LogP contribution in [0.5, 0.6) is 5.75 Å². The van der Waals surface area contributed by atoms with Crippen molar-refractivity contribution in [3.63, 3.8) is 0 Å². The van der Waals surface area contributed by atoms with Crippen LogP contribution >= 0.6 is 0 Å². The Morgan fingerprint density at radius 3 is 2.45 bits per heavy atom. The summed E-state index contributed by atoms with van der Waals surface area (Å²) in [6.45, 7) is 5.65. The smallest absolute Gasteiger partial charge is 0.295 e. The number of hydrogen-bond acceptors (Lipinski definition) is 3. The fraction of sp³-hybridized carbons (Fsp3) is 0.280. The molecule has 0 aliphatic carbocycles. The van der Waals surface area contributed by atoms with Gasteiger partial charge in [0.25, 0.3) is 5.91 Å². The fourth-order valence-corrected chi connectivity index (χ4v) is 4.22. The summed E-state index contributed by atoms with van der Waals surface area (Å²) in [7, 11) is 1.64. The third-order valence-corrected chi connectivity index (χ3v) is 5.91. The van der Waals surface area contributed by atoms with E-state index in [1.165, 1.54) is 10.5 Å². The van der Waals surface area contributed by atoms with Crippen LogP contribution in [0.15, 0.2) is 71.8 Å². The number of quaternary nitrogens is 2. The first-order chi connectivity index (χ1) is 15.2. The van der Waals surface area contributed by atoms with Gasteiger partial charge in [0.2, 0.25) is 0 Å². The summed E-state index contributed by atoms with van der Waals surface area (Å²) in [6.07, 6.45) is 1.68. The van der Waals surface area contributed by atoms with Crippen molar-refractivity contribution in [3.05, 3.63) is 77.9 Å². The molecule has 31 heavy (non-hydrogen) atoms. The predicted octanol–water partition coefficient (Wildman–Crippen LogP) is 0.282. The molecule has 0 aromatic heterocycles. The van der Waals surface area contributed by atoms with Gasteiger partial charge < -0.3 is 14.5 Å². The monoisotopic (exact) mass is 418 g/mol. The van der Waals surface area contributed by atoms with Crippen LogP contribution in [-0.4, -0.2) is 52.0 Å². The molecule has 0 atom stereocenters. The lowest BCUT2D eigenvalue weighted by molar-refractivity contribution is -1.02. The summed E-state index contributed by atoms with van der Waals surface area (Å²) >= 11 is 0. The molecule has 1 heterocycles. The first-order valence-electron chi connectivity index (χ1n) is 10.8. The van der Waals surface area contributed by atoms with Crippen LogP contribution in [0.25, 0.3) is 10.8 Å². The Labute approximate surface area is 183 Å². The normalized spacial score (nSPS) is 18.9. The second-order valence-electron chi connectivity index (χ2n) is 8.03. The van der Waals surface area contributed by atoms with Gasteiger partial charge in [-0.3, -0.25) is 4.79 Å². The molecule has 1 fully saturated rings. The van der Waals surface area contributed by atoms with E-state index in [2.05, 4.69) is 40.9 Å². The van der Waals surface area contributed by atoms with Crippen LogP contribution in [-0.2, 0) is 11.3 Å². The van der Waals surface area contributed by atoms with Crippen molar-refractivity contribution in [2.75, 3.05) is 39.8 Å². The molecule has 6 nitrogen and oxygen atoms in total. The van der Waals surface area contributed by atoms with Crippen LogP contribution in [0.3, 0.4) is 0 Å². The number of hydrogen-bond donors (Lipinski definition) is 3. The fourth-order valence-electron chi connectivity index (χ4n) is 4.22. The molecular weight excluding hydrogens is 388 g/mol. The molecule has 3 aromatic rings. The third kappa shape index (κ3) is 5.48. The Balaban J connectivity index is 1.28. The van der Waals surface area contributed by atoms with E-state index in [0.717, 1.165) is 54.8 Å². The number of amides is 1. The minimum absolute atomic E-state index is 0.0584. The zero-order chi connectivity index (χ0) is 21.5. The number of nitrogens with one attached hydrogen (secondary N) is 3. The lowest BCUT2D eigenvalue weighted by Gasteiger charge is -2.29. The Kier molecular flexibility index (Phi) is 6.92. The molecule has 1 aliphatic heterocycles. The standard InChI is InChI=1S/C25H28N4O2/c1-31-24-12-11-21-9-5-6-10-22(21)23(24)17-26-27-25(30)19-29-15-13-28(14-16-29)18-20-7-3-2-4-8-20/h2-12,17H,13-16,18-19H2,1H3,(H,27,30)/p+2/b26-17+. The first-order valence-corrected chi connectivity index (χ1v) is 10.8. The predicted molar refractivity (Wildman–Crippen MR) is 123 cm³/mol. The SMILES string of the molecule is COc1ccc2ccccc2c1/C=N/NC(=O)C[NH+]1CC[NH+](Cc2ccccc2)CC1. The van der Waals surface area contributed by atoms with Gasteiger partial charge in [-0.25, -0.2) is 5.43 Å². The van der Waals surface area contributed by atoms with E-state index < -0.39 is 0 Å². The molecule has 160 valence electrons. The highest BCUT2D eigenvalue weighted by Gasteiger charge is 2.24. The van der Waals surface area contributed by atoms with Gasteiger partial charge in [0, 0.05) is 11.1 Å². The number of ether oxygens (including phenoxy) is 1. The zero-order valence-corrected chi connectivity index (χ0v) is 17.9. The van der Waals surface area contributed by atoms with Crippen molar-refractivity contribution >= 4 is 22.9 Å². The Morgan fingerprint density at radius 2 is 1.68 bits per heavy atom. The molecular formula is C25H30N4O2+2. The first kappa shape index (κ1) is 21.0. The number of benzene rings is 3. The average Bonchev–Trinajstić information content (AvgIpc) is 2.81. The lowest BCUT2D eigenvalue weighted by Crippen LogP contribution is -3.28. The molecule has 3 aromatic carbocycles. The Bertz CT molecular complexity index is 1040.